The predicted molar refractivity (Wildman–Crippen MR) is 76.3 cm³/mol. The lowest BCUT2D eigenvalue weighted by molar-refractivity contribution is 0.529. The molecular formula is C14H16BrN3. The summed E-state index contributed by atoms with van der Waals surface area (Å²) in [6.07, 6.45) is 4.49. The maximum Gasteiger partial charge on any atom is 0.0718 e. The van der Waals surface area contributed by atoms with Crippen molar-refractivity contribution in [3.05, 3.63) is 58.6 Å². The monoisotopic (exact) mass is 305 g/mol. The van der Waals surface area contributed by atoms with E-state index in [1.165, 1.54) is 0 Å². The molecule has 0 fully saturated rings. The van der Waals surface area contributed by atoms with Gasteiger partial charge in [-0.3, -0.25) is 9.97 Å². The first-order valence-corrected chi connectivity index (χ1v) is 6.84. The molecule has 0 amide bonds. The van der Waals surface area contributed by atoms with E-state index in [-0.39, 0.29) is 6.04 Å². The zero-order chi connectivity index (χ0) is 12.8. The molecule has 1 unspecified atom stereocenters. The van der Waals surface area contributed by atoms with E-state index in [0.29, 0.717) is 0 Å². The average molecular weight is 306 g/mol. The van der Waals surface area contributed by atoms with E-state index < -0.39 is 0 Å². The fourth-order valence-electron chi connectivity index (χ4n) is 1.89. The van der Waals surface area contributed by atoms with Crippen LogP contribution in [0.5, 0.6) is 0 Å². The number of pyridine rings is 2. The third kappa shape index (κ3) is 3.37. The van der Waals surface area contributed by atoms with E-state index >= 15 is 0 Å². The highest BCUT2D eigenvalue weighted by atomic mass is 79.9. The van der Waals surface area contributed by atoms with Crippen LogP contribution in [-0.2, 0) is 6.42 Å². The van der Waals surface area contributed by atoms with Gasteiger partial charge < -0.3 is 5.32 Å². The standard InChI is InChI=1S/C14H16BrN3/c1-2-16-13(10-11-6-3-4-8-17-11)14-12(15)7-5-9-18-14/h3-9,13,16H,2,10H2,1H3. The summed E-state index contributed by atoms with van der Waals surface area (Å²) < 4.78 is 1.03. The number of nitrogens with zero attached hydrogens (tertiary/aromatic N) is 2. The topological polar surface area (TPSA) is 37.8 Å². The molecule has 94 valence electrons. The fraction of sp³-hybridized carbons (Fsp3) is 0.286. The molecule has 1 N–H and O–H groups in total. The predicted octanol–water partition coefficient (Wildman–Crippen LogP) is 3.13. The largest absolute Gasteiger partial charge is 0.309 e. The van der Waals surface area contributed by atoms with Crippen molar-refractivity contribution in [2.75, 3.05) is 6.54 Å². The first-order valence-electron chi connectivity index (χ1n) is 6.05. The van der Waals surface area contributed by atoms with Crippen molar-refractivity contribution in [1.29, 1.82) is 0 Å². The van der Waals surface area contributed by atoms with Gasteiger partial charge in [0.05, 0.1) is 11.7 Å². The third-order valence-corrected chi connectivity index (χ3v) is 3.38. The van der Waals surface area contributed by atoms with Crippen LogP contribution in [0.4, 0.5) is 0 Å². The van der Waals surface area contributed by atoms with E-state index in [2.05, 4.69) is 38.1 Å². The molecule has 18 heavy (non-hydrogen) atoms. The van der Waals surface area contributed by atoms with Gasteiger partial charge in [0.2, 0.25) is 0 Å². The quantitative estimate of drug-likeness (QED) is 0.922. The van der Waals surface area contributed by atoms with Gasteiger partial charge in [0.1, 0.15) is 0 Å². The molecule has 0 aliphatic rings. The molecule has 2 heterocycles. The number of nitrogens with one attached hydrogen (secondary N) is 1. The zero-order valence-electron chi connectivity index (χ0n) is 10.3. The Hall–Kier alpha value is -1.26. The van der Waals surface area contributed by atoms with Crippen molar-refractivity contribution < 1.29 is 0 Å². The summed E-state index contributed by atoms with van der Waals surface area (Å²) >= 11 is 3.56. The van der Waals surface area contributed by atoms with Crippen LogP contribution >= 0.6 is 15.9 Å². The summed E-state index contributed by atoms with van der Waals surface area (Å²) in [5, 5.41) is 3.46. The molecule has 0 aliphatic carbocycles. The molecule has 0 aliphatic heterocycles. The van der Waals surface area contributed by atoms with Gasteiger partial charge in [-0.15, -0.1) is 0 Å². The van der Waals surface area contributed by atoms with Crippen LogP contribution in [0.1, 0.15) is 24.4 Å². The van der Waals surface area contributed by atoms with Crippen molar-refractivity contribution >= 4 is 15.9 Å². The van der Waals surface area contributed by atoms with Gasteiger partial charge in [0.15, 0.2) is 0 Å². The maximum atomic E-state index is 4.46. The lowest BCUT2D eigenvalue weighted by Crippen LogP contribution is -2.24. The van der Waals surface area contributed by atoms with Crippen LogP contribution in [-0.4, -0.2) is 16.5 Å². The Morgan fingerprint density at radius 2 is 2.00 bits per heavy atom. The minimum absolute atomic E-state index is 0.181. The van der Waals surface area contributed by atoms with E-state index in [1.807, 2.05) is 42.7 Å². The van der Waals surface area contributed by atoms with Crippen molar-refractivity contribution in [1.82, 2.24) is 15.3 Å². The second-order valence-electron chi connectivity index (χ2n) is 4.01. The summed E-state index contributed by atoms with van der Waals surface area (Å²) in [5.74, 6) is 0. The third-order valence-electron chi connectivity index (χ3n) is 2.71. The van der Waals surface area contributed by atoms with E-state index in [0.717, 1.165) is 28.8 Å². The van der Waals surface area contributed by atoms with Gasteiger partial charge in [-0.25, -0.2) is 0 Å². The molecular weight excluding hydrogens is 290 g/mol. The second kappa shape index (κ2) is 6.61. The summed E-state index contributed by atoms with van der Waals surface area (Å²) in [5.41, 5.74) is 2.10. The number of halogens is 1. The fourth-order valence-corrected chi connectivity index (χ4v) is 2.43. The minimum atomic E-state index is 0.181. The molecule has 4 heteroatoms. The van der Waals surface area contributed by atoms with Crippen molar-refractivity contribution in [3.63, 3.8) is 0 Å². The maximum absolute atomic E-state index is 4.46. The number of hydrogen-bond donors (Lipinski definition) is 1. The number of hydrogen-bond acceptors (Lipinski definition) is 3. The molecule has 0 spiro atoms. The molecule has 0 saturated carbocycles. The zero-order valence-corrected chi connectivity index (χ0v) is 11.9. The Labute approximate surface area is 116 Å². The van der Waals surface area contributed by atoms with Crippen molar-refractivity contribution in [2.24, 2.45) is 0 Å². The Balaban J connectivity index is 2.21. The Morgan fingerprint density at radius 1 is 1.17 bits per heavy atom. The molecule has 3 nitrogen and oxygen atoms in total. The van der Waals surface area contributed by atoms with Gasteiger partial charge in [-0.1, -0.05) is 13.0 Å². The van der Waals surface area contributed by atoms with Gasteiger partial charge in [0.25, 0.3) is 0 Å². The molecule has 0 aromatic carbocycles. The molecule has 1 atom stereocenters. The van der Waals surface area contributed by atoms with Gasteiger partial charge in [0, 0.05) is 29.0 Å². The number of aromatic nitrogens is 2. The summed E-state index contributed by atoms with van der Waals surface area (Å²) in [6.45, 7) is 3.00. The molecule has 0 saturated heterocycles. The van der Waals surface area contributed by atoms with Crippen LogP contribution in [0.3, 0.4) is 0 Å². The highest BCUT2D eigenvalue weighted by Crippen LogP contribution is 2.23. The van der Waals surface area contributed by atoms with Crippen molar-refractivity contribution in [2.45, 2.75) is 19.4 Å². The van der Waals surface area contributed by atoms with Crippen LogP contribution in [0.2, 0.25) is 0 Å². The average Bonchev–Trinajstić information content (AvgIpc) is 2.40. The highest BCUT2D eigenvalue weighted by molar-refractivity contribution is 9.10. The first-order chi connectivity index (χ1) is 8.81. The molecule has 0 bridgehead atoms. The molecule has 0 radical (unpaired) electrons. The molecule has 2 aromatic rings. The normalized spacial score (nSPS) is 12.3. The SMILES string of the molecule is CCNC(Cc1ccccn1)c1ncccc1Br. The lowest BCUT2D eigenvalue weighted by atomic mass is 10.1. The number of likely N-dealkylation sites (N-methyl/N-ethyl adjacent to an activating group) is 1. The van der Waals surface area contributed by atoms with Crippen LogP contribution in [0, 0.1) is 0 Å². The van der Waals surface area contributed by atoms with Crippen LogP contribution < -0.4 is 5.32 Å². The van der Waals surface area contributed by atoms with Crippen LogP contribution in [0.25, 0.3) is 0 Å². The Morgan fingerprint density at radius 3 is 2.67 bits per heavy atom. The van der Waals surface area contributed by atoms with Gasteiger partial charge >= 0.3 is 0 Å². The molecule has 2 rings (SSSR count). The molecule has 2 aromatic heterocycles. The van der Waals surface area contributed by atoms with E-state index in [4.69, 9.17) is 0 Å². The Bertz CT molecular complexity index is 487. The Kier molecular flexibility index (Phi) is 4.84. The van der Waals surface area contributed by atoms with Crippen LogP contribution in [0.15, 0.2) is 47.2 Å². The lowest BCUT2D eigenvalue weighted by Gasteiger charge is -2.18. The second-order valence-corrected chi connectivity index (χ2v) is 4.86. The van der Waals surface area contributed by atoms with E-state index in [9.17, 15) is 0 Å². The van der Waals surface area contributed by atoms with Gasteiger partial charge in [-0.2, -0.15) is 0 Å². The smallest absolute Gasteiger partial charge is 0.0718 e. The van der Waals surface area contributed by atoms with Gasteiger partial charge in [-0.05, 0) is 46.7 Å². The minimum Gasteiger partial charge on any atom is -0.309 e. The highest BCUT2D eigenvalue weighted by Gasteiger charge is 2.15. The summed E-state index contributed by atoms with van der Waals surface area (Å²) in [4.78, 5) is 8.83. The first kappa shape index (κ1) is 13.2. The van der Waals surface area contributed by atoms with Crippen molar-refractivity contribution in [3.8, 4) is 0 Å². The van der Waals surface area contributed by atoms with E-state index in [1.54, 1.807) is 0 Å². The number of rotatable bonds is 5. The summed E-state index contributed by atoms with van der Waals surface area (Å²) in [7, 11) is 0. The summed E-state index contributed by atoms with van der Waals surface area (Å²) in [6, 6.07) is 10.1.